The lowest BCUT2D eigenvalue weighted by Crippen LogP contribution is -3.00. The second kappa shape index (κ2) is 19.5. The van der Waals surface area contributed by atoms with Crippen LogP contribution in [0.1, 0.15) is 117 Å². The molecule has 1 atom stereocenters. The Morgan fingerprint density at radius 1 is 0.542 bits per heavy atom. The Morgan fingerprint density at radius 2 is 0.833 bits per heavy atom. The van der Waals surface area contributed by atoms with Crippen LogP contribution in [0.4, 0.5) is 0 Å². The Kier molecular flexibility index (Phi) is 21.5. The van der Waals surface area contributed by atoms with Crippen molar-refractivity contribution in [2.45, 2.75) is 117 Å². The maximum atomic E-state index is 9.88. The Bertz CT molecular complexity index is 234. The van der Waals surface area contributed by atoms with Crippen LogP contribution in [0.25, 0.3) is 0 Å². The molecule has 0 rings (SSSR count). The van der Waals surface area contributed by atoms with Gasteiger partial charge in [-0.3, -0.25) is 0 Å². The zero-order chi connectivity index (χ0) is 17.2. The van der Waals surface area contributed by atoms with E-state index in [4.69, 9.17) is 0 Å². The van der Waals surface area contributed by atoms with Crippen LogP contribution in [0.15, 0.2) is 0 Å². The summed E-state index contributed by atoms with van der Waals surface area (Å²) >= 11 is 0. The third kappa shape index (κ3) is 20.3. The first-order valence-corrected chi connectivity index (χ1v) is 10.7. The topological polar surface area (TPSA) is 20.2 Å². The highest BCUT2D eigenvalue weighted by Crippen LogP contribution is 2.14. The first kappa shape index (κ1) is 26.4. The van der Waals surface area contributed by atoms with Gasteiger partial charge in [-0.2, -0.15) is 4.65 Å². The Labute approximate surface area is 159 Å². The summed E-state index contributed by atoms with van der Waals surface area (Å²) in [6.07, 6.45) is 22.5. The second-order valence-electron chi connectivity index (χ2n) is 7.68. The van der Waals surface area contributed by atoms with E-state index < -0.39 is 0 Å². The summed E-state index contributed by atoms with van der Waals surface area (Å²) in [6.45, 7) is 6.07. The number of hydrogen-bond acceptors (Lipinski definition) is 1. The van der Waals surface area contributed by atoms with Crippen molar-refractivity contribution in [3.05, 3.63) is 0 Å². The van der Waals surface area contributed by atoms with Crippen molar-refractivity contribution >= 4 is 0 Å². The van der Waals surface area contributed by atoms with Crippen molar-refractivity contribution < 1.29 is 22.3 Å². The van der Waals surface area contributed by atoms with E-state index >= 15 is 0 Å². The van der Waals surface area contributed by atoms with Gasteiger partial charge in [-0.25, -0.2) is 5.21 Å². The van der Waals surface area contributed by atoms with Gasteiger partial charge in [0.2, 0.25) is 0 Å². The number of hydroxylamine groups is 3. The zero-order valence-corrected chi connectivity index (χ0v) is 17.8. The van der Waals surface area contributed by atoms with E-state index in [9.17, 15) is 5.21 Å². The van der Waals surface area contributed by atoms with E-state index in [1.54, 1.807) is 0 Å². The van der Waals surface area contributed by atoms with Gasteiger partial charge in [0.15, 0.2) is 0 Å². The van der Waals surface area contributed by atoms with E-state index in [0.29, 0.717) is 0 Å². The van der Waals surface area contributed by atoms with Gasteiger partial charge in [0.05, 0.1) is 7.05 Å². The van der Waals surface area contributed by atoms with Gasteiger partial charge >= 0.3 is 0 Å². The van der Waals surface area contributed by atoms with Gasteiger partial charge in [-0.1, -0.05) is 96.8 Å². The minimum absolute atomic E-state index is 0. The molecule has 0 aromatic rings. The molecule has 0 aliphatic rings. The number of nitrogens with zero attached hydrogens (tertiary/aromatic N) is 1. The highest BCUT2D eigenvalue weighted by Gasteiger charge is 2.13. The molecule has 148 valence electrons. The Morgan fingerprint density at radius 3 is 1.12 bits per heavy atom. The van der Waals surface area contributed by atoms with E-state index in [1.165, 1.54) is 103 Å². The lowest BCUT2D eigenvalue weighted by Gasteiger charge is -2.23. The minimum Gasteiger partial charge on any atom is -1.00 e. The quantitative estimate of drug-likeness (QED) is 0.221. The van der Waals surface area contributed by atoms with Gasteiger partial charge in [0, 0.05) is 0 Å². The van der Waals surface area contributed by atoms with Crippen molar-refractivity contribution in [3.8, 4) is 0 Å². The number of unbranched alkanes of at least 4 members (excludes halogenated alkanes) is 15. The first-order valence-electron chi connectivity index (χ1n) is 10.7. The van der Waals surface area contributed by atoms with Gasteiger partial charge < -0.3 is 12.4 Å². The monoisotopic (exact) mass is 363 g/mol. The molecule has 0 aliphatic heterocycles. The van der Waals surface area contributed by atoms with Crippen LogP contribution in [-0.2, 0) is 0 Å². The standard InChI is InChI=1S/C21H46NO.ClH/c1-4-6-7-8-9-10-11-12-13-14-15-16-17-18-19-20-21-22(3,23)5-2;/h23H,4-21H2,1-3H3;1H/q+1;/p-1. The summed E-state index contributed by atoms with van der Waals surface area (Å²) in [5.74, 6) is 0. The molecule has 0 spiro atoms. The summed E-state index contributed by atoms with van der Waals surface area (Å²) in [7, 11) is 1.91. The molecule has 2 nitrogen and oxygen atoms in total. The van der Waals surface area contributed by atoms with Crippen molar-refractivity contribution in [3.63, 3.8) is 0 Å². The molecule has 0 aliphatic carbocycles. The summed E-state index contributed by atoms with van der Waals surface area (Å²) < 4.78 is 0.193. The fourth-order valence-corrected chi connectivity index (χ4v) is 3.16. The third-order valence-corrected chi connectivity index (χ3v) is 5.17. The van der Waals surface area contributed by atoms with Crippen LogP contribution >= 0.6 is 0 Å². The molecule has 1 unspecified atom stereocenters. The van der Waals surface area contributed by atoms with Crippen LogP contribution in [0.3, 0.4) is 0 Å². The third-order valence-electron chi connectivity index (χ3n) is 5.17. The largest absolute Gasteiger partial charge is 1.00 e. The van der Waals surface area contributed by atoms with Gasteiger partial charge in [-0.05, 0) is 19.8 Å². The van der Waals surface area contributed by atoms with Crippen molar-refractivity contribution in [1.29, 1.82) is 0 Å². The summed E-state index contributed by atoms with van der Waals surface area (Å²) in [6, 6.07) is 0. The zero-order valence-electron chi connectivity index (χ0n) is 17.0. The van der Waals surface area contributed by atoms with Crippen molar-refractivity contribution in [2.75, 3.05) is 20.1 Å². The molecule has 0 saturated heterocycles. The maximum Gasteiger partial charge on any atom is 0.108 e. The number of quaternary nitrogens is 1. The van der Waals surface area contributed by atoms with Crippen LogP contribution < -0.4 is 12.4 Å². The molecule has 0 radical (unpaired) electrons. The lowest BCUT2D eigenvalue weighted by molar-refractivity contribution is -1.09. The van der Waals surface area contributed by atoms with Crippen molar-refractivity contribution in [2.24, 2.45) is 0 Å². The molecule has 3 heteroatoms. The lowest BCUT2D eigenvalue weighted by atomic mass is 10.0. The molecule has 0 heterocycles. The smallest absolute Gasteiger partial charge is 0.108 e. The first-order chi connectivity index (χ1) is 11.1. The van der Waals surface area contributed by atoms with E-state index in [-0.39, 0.29) is 17.1 Å². The summed E-state index contributed by atoms with van der Waals surface area (Å²) in [4.78, 5) is 0. The Hall–Kier alpha value is 0.210. The normalized spacial score (nSPS) is 13.5. The minimum atomic E-state index is 0. The predicted octanol–water partition coefficient (Wildman–Crippen LogP) is 4.11. The maximum absolute atomic E-state index is 9.88. The van der Waals surface area contributed by atoms with Crippen LogP contribution in [0.2, 0.25) is 0 Å². The van der Waals surface area contributed by atoms with Gasteiger partial charge in [0.1, 0.15) is 13.1 Å². The second-order valence-corrected chi connectivity index (χ2v) is 7.68. The molecular weight excluding hydrogens is 318 g/mol. The average molecular weight is 364 g/mol. The van der Waals surface area contributed by atoms with Gasteiger partial charge in [0.25, 0.3) is 0 Å². The van der Waals surface area contributed by atoms with Crippen molar-refractivity contribution in [1.82, 2.24) is 0 Å². The average Bonchev–Trinajstić information content (AvgIpc) is 2.54. The fraction of sp³-hybridized carbons (Fsp3) is 1.00. The molecule has 0 fully saturated rings. The molecule has 0 aromatic carbocycles. The summed E-state index contributed by atoms with van der Waals surface area (Å²) in [5, 5.41) is 9.88. The molecule has 0 amide bonds. The molecule has 0 bridgehead atoms. The SMILES string of the molecule is CCCCCCCCCCCCCCCCCC[N+](C)(O)CC.[Cl-]. The fourth-order valence-electron chi connectivity index (χ4n) is 3.16. The van der Waals surface area contributed by atoms with E-state index in [1.807, 2.05) is 14.0 Å². The van der Waals surface area contributed by atoms with Crippen LogP contribution in [-0.4, -0.2) is 30.0 Å². The highest BCUT2D eigenvalue weighted by molar-refractivity contribution is 4.49. The van der Waals surface area contributed by atoms with Gasteiger partial charge in [-0.15, -0.1) is 0 Å². The highest BCUT2D eigenvalue weighted by atomic mass is 35.5. The predicted molar refractivity (Wildman–Crippen MR) is 103 cm³/mol. The number of hydrogen-bond donors (Lipinski definition) is 1. The molecule has 24 heavy (non-hydrogen) atoms. The number of rotatable bonds is 18. The van der Waals surface area contributed by atoms with E-state index in [2.05, 4.69) is 6.92 Å². The van der Waals surface area contributed by atoms with E-state index in [0.717, 1.165) is 13.1 Å². The Balaban J connectivity index is 0. The molecule has 0 saturated carbocycles. The number of halogens is 1. The molecule has 1 N–H and O–H groups in total. The van der Waals surface area contributed by atoms with Crippen LogP contribution in [0.5, 0.6) is 0 Å². The molecular formula is C21H46ClNO. The summed E-state index contributed by atoms with van der Waals surface area (Å²) in [5.41, 5.74) is 0. The molecule has 0 aromatic heterocycles. The van der Waals surface area contributed by atoms with Crippen LogP contribution in [0, 0.1) is 0 Å².